The Kier molecular flexibility index (Phi) is 6.93. The molecule has 1 aliphatic heterocycles. The van der Waals surface area contributed by atoms with Crippen LogP contribution in [0.15, 0.2) is 48.7 Å². The summed E-state index contributed by atoms with van der Waals surface area (Å²) in [6, 6.07) is 12.8. The van der Waals surface area contributed by atoms with Gasteiger partial charge in [0.25, 0.3) is 0 Å². The molecule has 0 amide bonds. The van der Waals surface area contributed by atoms with E-state index in [0.29, 0.717) is 21.8 Å². The molecule has 3 heterocycles. The van der Waals surface area contributed by atoms with Crippen LogP contribution in [0.25, 0.3) is 5.69 Å². The predicted molar refractivity (Wildman–Crippen MR) is 134 cm³/mol. The van der Waals surface area contributed by atoms with Crippen molar-refractivity contribution in [3.63, 3.8) is 0 Å². The number of thiocarbonyl (C=S) groups is 1. The van der Waals surface area contributed by atoms with Gasteiger partial charge in [-0.15, -0.1) is 0 Å². The first-order chi connectivity index (χ1) is 15.8. The molecule has 4 rings (SSSR count). The maximum absolute atomic E-state index is 12.4. The summed E-state index contributed by atoms with van der Waals surface area (Å²) >= 11 is 18.3. The minimum absolute atomic E-state index is 0.0407. The fraction of sp³-hybridized carbons (Fsp3) is 0.292. The van der Waals surface area contributed by atoms with Gasteiger partial charge in [0.15, 0.2) is 5.11 Å². The van der Waals surface area contributed by atoms with Crippen LogP contribution in [0.2, 0.25) is 10.0 Å². The SMILES string of the molecule is CCOC(=O)CN1C(=S)N[C@@H](c2ccccn2)[C@H]1c1cc(C)n(-c2ccc(Cl)cc2Cl)c1C. The summed E-state index contributed by atoms with van der Waals surface area (Å²) in [7, 11) is 0. The highest BCUT2D eigenvalue weighted by atomic mass is 35.5. The van der Waals surface area contributed by atoms with Crippen molar-refractivity contribution in [1.29, 1.82) is 0 Å². The van der Waals surface area contributed by atoms with E-state index >= 15 is 0 Å². The zero-order valence-corrected chi connectivity index (χ0v) is 20.8. The van der Waals surface area contributed by atoms with E-state index in [1.165, 1.54) is 0 Å². The van der Waals surface area contributed by atoms with Crippen LogP contribution < -0.4 is 5.32 Å². The van der Waals surface area contributed by atoms with E-state index in [0.717, 1.165) is 28.3 Å². The van der Waals surface area contributed by atoms with Gasteiger partial charge in [0.2, 0.25) is 0 Å². The van der Waals surface area contributed by atoms with E-state index in [4.69, 9.17) is 40.2 Å². The molecule has 0 unspecified atom stereocenters. The minimum atomic E-state index is -0.331. The van der Waals surface area contributed by atoms with Crippen molar-refractivity contribution in [2.45, 2.75) is 32.9 Å². The molecule has 172 valence electrons. The fourth-order valence-electron chi connectivity index (χ4n) is 4.38. The summed E-state index contributed by atoms with van der Waals surface area (Å²) in [5.41, 5.74) is 4.68. The zero-order chi connectivity index (χ0) is 23.7. The van der Waals surface area contributed by atoms with Crippen LogP contribution in [0.4, 0.5) is 0 Å². The highest BCUT2D eigenvalue weighted by molar-refractivity contribution is 7.80. The smallest absolute Gasteiger partial charge is 0.325 e. The van der Waals surface area contributed by atoms with Crippen molar-refractivity contribution in [3.8, 4) is 5.69 Å². The molecule has 9 heteroatoms. The van der Waals surface area contributed by atoms with Crippen molar-refractivity contribution in [3.05, 3.63) is 81.4 Å². The number of hydrogen-bond donors (Lipinski definition) is 1. The number of hydrogen-bond acceptors (Lipinski definition) is 4. The minimum Gasteiger partial charge on any atom is -0.465 e. The van der Waals surface area contributed by atoms with Crippen molar-refractivity contribution < 1.29 is 9.53 Å². The lowest BCUT2D eigenvalue weighted by Crippen LogP contribution is -2.35. The molecular formula is C24H24Cl2N4O2S. The van der Waals surface area contributed by atoms with Gasteiger partial charge in [0.1, 0.15) is 6.54 Å². The third-order valence-corrected chi connectivity index (χ3v) is 6.63. The average molecular weight is 503 g/mol. The van der Waals surface area contributed by atoms with Gasteiger partial charge >= 0.3 is 5.97 Å². The standard InChI is InChI=1S/C24H24Cl2N4O2S/c1-4-32-21(31)13-29-23(22(28-24(29)33)19-7-5-6-10-27-19)17-11-14(2)30(15(17)3)20-9-8-16(25)12-18(20)26/h5-12,22-23H,4,13H2,1-3H3,(H,28,33)/t22-,23+/m0/s1. The van der Waals surface area contributed by atoms with Crippen molar-refractivity contribution in [2.75, 3.05) is 13.2 Å². The lowest BCUT2D eigenvalue weighted by molar-refractivity contribution is -0.143. The van der Waals surface area contributed by atoms with Gasteiger partial charge in [-0.3, -0.25) is 9.78 Å². The number of carbonyl (C=O) groups is 1. The van der Waals surface area contributed by atoms with Gasteiger partial charge in [-0.2, -0.15) is 0 Å². The second-order valence-corrected chi connectivity index (χ2v) is 9.05. The molecule has 0 saturated carbocycles. The molecule has 3 aromatic rings. The molecule has 33 heavy (non-hydrogen) atoms. The molecule has 0 bridgehead atoms. The van der Waals surface area contributed by atoms with E-state index in [-0.39, 0.29) is 24.6 Å². The first-order valence-corrected chi connectivity index (χ1v) is 11.8. The number of halogens is 2. The number of carbonyl (C=O) groups excluding carboxylic acids is 1. The number of esters is 1. The molecule has 2 aromatic heterocycles. The number of pyridine rings is 1. The number of benzene rings is 1. The molecule has 1 N–H and O–H groups in total. The lowest BCUT2D eigenvalue weighted by atomic mass is 9.97. The lowest BCUT2D eigenvalue weighted by Gasteiger charge is -2.27. The molecule has 1 fully saturated rings. The van der Waals surface area contributed by atoms with Crippen molar-refractivity contribution >= 4 is 46.5 Å². The first-order valence-electron chi connectivity index (χ1n) is 10.6. The Morgan fingerprint density at radius 1 is 1.21 bits per heavy atom. The highest BCUT2D eigenvalue weighted by Gasteiger charge is 2.42. The van der Waals surface area contributed by atoms with E-state index in [1.807, 2.05) is 49.1 Å². The first kappa shape index (κ1) is 23.5. The van der Waals surface area contributed by atoms with E-state index in [2.05, 4.69) is 20.9 Å². The Labute approximate surface area is 208 Å². The van der Waals surface area contributed by atoms with Crippen LogP contribution in [0.3, 0.4) is 0 Å². The number of aryl methyl sites for hydroxylation is 1. The summed E-state index contributed by atoms with van der Waals surface area (Å²) < 4.78 is 7.30. The van der Waals surface area contributed by atoms with Gasteiger partial charge in [-0.05, 0) is 75.0 Å². The Morgan fingerprint density at radius 3 is 2.67 bits per heavy atom. The highest BCUT2D eigenvalue weighted by Crippen LogP contribution is 2.41. The summed E-state index contributed by atoms with van der Waals surface area (Å²) in [4.78, 5) is 18.8. The van der Waals surface area contributed by atoms with E-state index in [9.17, 15) is 4.79 Å². The monoisotopic (exact) mass is 502 g/mol. The van der Waals surface area contributed by atoms with Gasteiger partial charge in [0.05, 0.1) is 35.1 Å². The largest absolute Gasteiger partial charge is 0.465 e. The van der Waals surface area contributed by atoms with Crippen LogP contribution in [0, 0.1) is 13.8 Å². The third kappa shape index (κ3) is 4.58. The Hall–Kier alpha value is -2.61. The van der Waals surface area contributed by atoms with Crippen LogP contribution >= 0.6 is 35.4 Å². The maximum Gasteiger partial charge on any atom is 0.325 e. The topological polar surface area (TPSA) is 59.4 Å². The molecular weight excluding hydrogens is 479 g/mol. The van der Waals surface area contributed by atoms with E-state index in [1.54, 1.807) is 19.2 Å². The molecule has 1 aliphatic rings. The average Bonchev–Trinajstić information content (AvgIpc) is 3.25. The Bertz CT molecular complexity index is 1200. The molecule has 0 aliphatic carbocycles. The number of ether oxygens (including phenoxy) is 1. The Balaban J connectivity index is 1.83. The fourth-order valence-corrected chi connectivity index (χ4v) is 5.18. The van der Waals surface area contributed by atoms with Crippen LogP contribution in [-0.2, 0) is 9.53 Å². The summed E-state index contributed by atoms with van der Waals surface area (Å²) in [6.45, 7) is 6.19. The molecule has 1 saturated heterocycles. The number of aromatic nitrogens is 2. The molecule has 1 aromatic carbocycles. The molecule has 0 radical (unpaired) electrons. The van der Waals surface area contributed by atoms with Crippen LogP contribution in [0.5, 0.6) is 0 Å². The zero-order valence-electron chi connectivity index (χ0n) is 18.5. The van der Waals surface area contributed by atoms with Gasteiger partial charge in [-0.25, -0.2) is 0 Å². The number of nitrogens with zero attached hydrogens (tertiary/aromatic N) is 3. The predicted octanol–water partition coefficient (Wildman–Crippen LogP) is 5.33. The Morgan fingerprint density at radius 2 is 2.00 bits per heavy atom. The number of rotatable bonds is 6. The third-order valence-electron chi connectivity index (χ3n) is 5.74. The molecule has 0 spiro atoms. The van der Waals surface area contributed by atoms with Crippen molar-refractivity contribution in [2.24, 2.45) is 0 Å². The normalized spacial score (nSPS) is 17.8. The maximum atomic E-state index is 12.4. The summed E-state index contributed by atoms with van der Waals surface area (Å²) in [5.74, 6) is -0.331. The van der Waals surface area contributed by atoms with Crippen LogP contribution in [0.1, 0.15) is 41.7 Å². The summed E-state index contributed by atoms with van der Waals surface area (Å²) in [5, 5.41) is 4.98. The van der Waals surface area contributed by atoms with Crippen LogP contribution in [-0.4, -0.2) is 38.7 Å². The van der Waals surface area contributed by atoms with Crippen molar-refractivity contribution in [1.82, 2.24) is 19.8 Å². The molecule has 2 atom stereocenters. The quantitative estimate of drug-likeness (QED) is 0.363. The summed E-state index contributed by atoms with van der Waals surface area (Å²) in [6.07, 6.45) is 1.75. The van der Waals surface area contributed by atoms with Gasteiger partial charge < -0.3 is 19.5 Å². The van der Waals surface area contributed by atoms with Gasteiger partial charge in [0, 0.05) is 22.6 Å². The second kappa shape index (κ2) is 9.71. The number of nitrogens with one attached hydrogen (secondary N) is 1. The van der Waals surface area contributed by atoms with E-state index < -0.39 is 0 Å². The second-order valence-electron chi connectivity index (χ2n) is 7.82. The molecule has 6 nitrogen and oxygen atoms in total. The van der Waals surface area contributed by atoms with Gasteiger partial charge in [-0.1, -0.05) is 29.3 Å².